The zero-order chi connectivity index (χ0) is 14.0. The van der Waals surface area contributed by atoms with Crippen LogP contribution < -0.4 is 5.32 Å². The fraction of sp³-hybridized carbons (Fsp3) is 0.471. The number of aromatic nitrogens is 1. The van der Waals surface area contributed by atoms with E-state index in [1.54, 1.807) is 0 Å². The maximum absolute atomic E-state index is 4.61. The normalized spacial score (nSPS) is 13.7. The molecular formula is C17H24N2. The Morgan fingerprint density at radius 3 is 2.53 bits per heavy atom. The van der Waals surface area contributed by atoms with Crippen molar-refractivity contribution in [3.63, 3.8) is 0 Å². The average molecular weight is 256 g/mol. The summed E-state index contributed by atoms with van der Waals surface area (Å²) < 4.78 is 0. The van der Waals surface area contributed by atoms with Crippen LogP contribution in [0, 0.1) is 12.3 Å². The Balaban J connectivity index is 2.44. The SMILES string of the molecule is CNC(Cc1cc(C)nc2ccccc12)C(C)(C)C. The highest BCUT2D eigenvalue weighted by atomic mass is 14.9. The summed E-state index contributed by atoms with van der Waals surface area (Å²) in [5.41, 5.74) is 3.82. The Kier molecular flexibility index (Phi) is 3.91. The lowest BCUT2D eigenvalue weighted by atomic mass is 9.82. The number of benzene rings is 1. The van der Waals surface area contributed by atoms with E-state index in [1.807, 2.05) is 7.05 Å². The molecule has 19 heavy (non-hydrogen) atoms. The van der Waals surface area contributed by atoms with Gasteiger partial charge in [0.2, 0.25) is 0 Å². The average Bonchev–Trinajstić information content (AvgIpc) is 2.34. The smallest absolute Gasteiger partial charge is 0.0707 e. The van der Waals surface area contributed by atoms with E-state index in [0.717, 1.165) is 17.6 Å². The highest BCUT2D eigenvalue weighted by molar-refractivity contribution is 5.82. The van der Waals surface area contributed by atoms with Gasteiger partial charge in [0.05, 0.1) is 5.52 Å². The van der Waals surface area contributed by atoms with Crippen LogP contribution in [0.4, 0.5) is 0 Å². The number of pyridine rings is 1. The number of fused-ring (bicyclic) bond motifs is 1. The third kappa shape index (κ3) is 3.13. The second-order valence-electron chi connectivity index (χ2n) is 6.35. The molecule has 0 bridgehead atoms. The molecule has 1 aromatic heterocycles. The number of rotatable bonds is 3. The van der Waals surface area contributed by atoms with E-state index in [0.29, 0.717) is 6.04 Å². The van der Waals surface area contributed by atoms with Crippen LogP contribution in [0.25, 0.3) is 10.9 Å². The molecule has 1 unspecified atom stereocenters. The van der Waals surface area contributed by atoms with E-state index in [2.05, 4.69) is 68.3 Å². The van der Waals surface area contributed by atoms with Gasteiger partial charge in [0, 0.05) is 17.1 Å². The number of nitrogens with one attached hydrogen (secondary N) is 1. The first-order valence-corrected chi connectivity index (χ1v) is 6.94. The molecule has 0 saturated heterocycles. The lowest BCUT2D eigenvalue weighted by Gasteiger charge is -2.31. The van der Waals surface area contributed by atoms with Gasteiger partial charge in [-0.2, -0.15) is 0 Å². The van der Waals surface area contributed by atoms with Crippen molar-refractivity contribution in [1.29, 1.82) is 0 Å². The number of para-hydroxylation sites is 1. The molecule has 2 nitrogen and oxygen atoms in total. The Bertz CT molecular complexity index is 567. The quantitative estimate of drug-likeness (QED) is 0.905. The monoisotopic (exact) mass is 256 g/mol. The molecule has 0 radical (unpaired) electrons. The van der Waals surface area contributed by atoms with Crippen molar-refractivity contribution >= 4 is 10.9 Å². The van der Waals surface area contributed by atoms with Crippen molar-refractivity contribution in [3.05, 3.63) is 41.6 Å². The minimum Gasteiger partial charge on any atom is -0.316 e. The van der Waals surface area contributed by atoms with Gasteiger partial charge in [-0.05, 0) is 43.5 Å². The Morgan fingerprint density at radius 1 is 1.21 bits per heavy atom. The lowest BCUT2D eigenvalue weighted by Crippen LogP contribution is -2.39. The van der Waals surface area contributed by atoms with Crippen LogP contribution in [0.5, 0.6) is 0 Å². The highest BCUT2D eigenvalue weighted by Crippen LogP contribution is 2.26. The molecule has 0 aliphatic carbocycles. The zero-order valence-electron chi connectivity index (χ0n) is 12.6. The fourth-order valence-corrected chi connectivity index (χ4v) is 2.62. The van der Waals surface area contributed by atoms with Gasteiger partial charge < -0.3 is 5.32 Å². The summed E-state index contributed by atoms with van der Waals surface area (Å²) in [5, 5.41) is 4.73. The van der Waals surface area contributed by atoms with Gasteiger partial charge in [0.25, 0.3) is 0 Å². The molecule has 2 aromatic rings. The molecule has 1 N–H and O–H groups in total. The predicted octanol–water partition coefficient (Wildman–Crippen LogP) is 3.72. The van der Waals surface area contributed by atoms with E-state index in [4.69, 9.17) is 0 Å². The van der Waals surface area contributed by atoms with Crippen molar-refractivity contribution in [2.45, 2.75) is 40.2 Å². The summed E-state index contributed by atoms with van der Waals surface area (Å²) in [6.07, 6.45) is 1.03. The fourth-order valence-electron chi connectivity index (χ4n) is 2.62. The van der Waals surface area contributed by atoms with Crippen molar-refractivity contribution in [1.82, 2.24) is 10.3 Å². The van der Waals surface area contributed by atoms with Crippen molar-refractivity contribution < 1.29 is 0 Å². The van der Waals surface area contributed by atoms with Crippen LogP contribution in [-0.2, 0) is 6.42 Å². The van der Waals surface area contributed by atoms with Crippen molar-refractivity contribution in [2.75, 3.05) is 7.05 Å². The molecule has 0 aliphatic rings. The van der Waals surface area contributed by atoms with Gasteiger partial charge in [-0.3, -0.25) is 4.98 Å². The Labute approximate surface area is 116 Å². The summed E-state index contributed by atoms with van der Waals surface area (Å²) in [7, 11) is 2.05. The minimum absolute atomic E-state index is 0.243. The molecule has 0 fully saturated rings. The van der Waals surface area contributed by atoms with Gasteiger partial charge in [-0.1, -0.05) is 39.0 Å². The third-order valence-corrected chi connectivity index (χ3v) is 3.75. The van der Waals surface area contributed by atoms with E-state index < -0.39 is 0 Å². The maximum Gasteiger partial charge on any atom is 0.0707 e. The molecule has 1 atom stereocenters. The first kappa shape index (κ1) is 14.0. The van der Waals surface area contributed by atoms with Gasteiger partial charge in [0.1, 0.15) is 0 Å². The molecular weight excluding hydrogens is 232 g/mol. The van der Waals surface area contributed by atoms with E-state index >= 15 is 0 Å². The molecule has 102 valence electrons. The van der Waals surface area contributed by atoms with Crippen LogP contribution in [0.3, 0.4) is 0 Å². The number of hydrogen-bond donors (Lipinski definition) is 1. The molecule has 2 heteroatoms. The van der Waals surface area contributed by atoms with Crippen LogP contribution >= 0.6 is 0 Å². The molecule has 0 aliphatic heterocycles. The summed E-state index contributed by atoms with van der Waals surface area (Å²) in [5.74, 6) is 0. The Hall–Kier alpha value is -1.41. The van der Waals surface area contributed by atoms with E-state index in [9.17, 15) is 0 Å². The van der Waals surface area contributed by atoms with Gasteiger partial charge in [-0.25, -0.2) is 0 Å². The van der Waals surface area contributed by atoms with Gasteiger partial charge in [0.15, 0.2) is 0 Å². The van der Waals surface area contributed by atoms with Crippen LogP contribution in [0.15, 0.2) is 30.3 Å². The number of hydrogen-bond acceptors (Lipinski definition) is 2. The number of aryl methyl sites for hydroxylation is 1. The molecule has 0 spiro atoms. The second kappa shape index (κ2) is 5.30. The third-order valence-electron chi connectivity index (χ3n) is 3.75. The molecule has 0 amide bonds. The topological polar surface area (TPSA) is 24.9 Å². The van der Waals surface area contributed by atoms with Crippen molar-refractivity contribution in [3.8, 4) is 0 Å². The standard InChI is InChI=1S/C17H24N2/c1-12-10-13(11-16(18-5)17(2,3)4)14-8-6-7-9-15(14)19-12/h6-10,16,18H,11H2,1-5H3. The largest absolute Gasteiger partial charge is 0.316 e. The van der Waals surface area contributed by atoms with E-state index in [-0.39, 0.29) is 5.41 Å². The predicted molar refractivity (Wildman–Crippen MR) is 82.5 cm³/mol. The first-order valence-electron chi connectivity index (χ1n) is 6.94. The van der Waals surface area contributed by atoms with Crippen molar-refractivity contribution in [2.24, 2.45) is 5.41 Å². The Morgan fingerprint density at radius 2 is 1.89 bits per heavy atom. The number of nitrogens with zero attached hydrogens (tertiary/aromatic N) is 1. The van der Waals surface area contributed by atoms with Crippen LogP contribution in [-0.4, -0.2) is 18.1 Å². The summed E-state index contributed by atoms with van der Waals surface area (Å²) in [6.45, 7) is 8.92. The zero-order valence-corrected chi connectivity index (χ0v) is 12.6. The van der Waals surface area contributed by atoms with Crippen LogP contribution in [0.2, 0.25) is 0 Å². The molecule has 1 aromatic carbocycles. The molecule has 1 heterocycles. The van der Waals surface area contributed by atoms with E-state index in [1.165, 1.54) is 10.9 Å². The lowest BCUT2D eigenvalue weighted by molar-refractivity contribution is 0.280. The first-order chi connectivity index (χ1) is 8.91. The van der Waals surface area contributed by atoms with Gasteiger partial charge in [-0.15, -0.1) is 0 Å². The molecule has 0 saturated carbocycles. The highest BCUT2D eigenvalue weighted by Gasteiger charge is 2.23. The van der Waals surface area contributed by atoms with Gasteiger partial charge >= 0.3 is 0 Å². The number of likely N-dealkylation sites (N-methyl/N-ethyl adjacent to an activating group) is 1. The second-order valence-corrected chi connectivity index (χ2v) is 6.35. The summed E-state index contributed by atoms with van der Waals surface area (Å²) in [4.78, 5) is 4.61. The maximum atomic E-state index is 4.61. The van der Waals surface area contributed by atoms with Crippen LogP contribution in [0.1, 0.15) is 32.0 Å². The minimum atomic E-state index is 0.243. The summed E-state index contributed by atoms with van der Waals surface area (Å²) in [6, 6.07) is 11.1. The molecule has 2 rings (SSSR count). The summed E-state index contributed by atoms with van der Waals surface area (Å²) >= 11 is 0.